The van der Waals surface area contributed by atoms with Gasteiger partial charge in [0.05, 0.1) is 0 Å². The highest BCUT2D eigenvalue weighted by atomic mass is 15.0. The zero-order chi connectivity index (χ0) is 11.8. The van der Waals surface area contributed by atoms with E-state index < -0.39 is 0 Å². The van der Waals surface area contributed by atoms with E-state index in [4.69, 9.17) is 5.73 Å². The number of rotatable bonds is 7. The maximum atomic E-state index is 5.59. The average molecular weight is 222 g/mol. The summed E-state index contributed by atoms with van der Waals surface area (Å²) in [4.78, 5) is 7.99. The Bertz CT molecular complexity index is 301. The first-order chi connectivity index (χ1) is 7.76. The summed E-state index contributed by atoms with van der Waals surface area (Å²) in [5.74, 6) is 2.05. The average Bonchev–Trinajstić information content (AvgIpc) is 2.29. The van der Waals surface area contributed by atoms with Crippen LogP contribution in [0, 0.1) is 5.92 Å². The minimum atomic E-state index is 0.513. The van der Waals surface area contributed by atoms with Gasteiger partial charge >= 0.3 is 0 Å². The SMILES string of the molecule is CCCC[C@@H](CC)CNc1cc(N)ncn1. The molecule has 1 rings (SSSR count). The summed E-state index contributed by atoms with van der Waals surface area (Å²) in [5, 5.41) is 3.31. The van der Waals surface area contributed by atoms with Crippen LogP contribution in [0.25, 0.3) is 0 Å². The van der Waals surface area contributed by atoms with Gasteiger partial charge in [0.1, 0.15) is 18.0 Å². The first kappa shape index (κ1) is 12.7. The summed E-state index contributed by atoms with van der Waals surface area (Å²) in [6.45, 7) is 5.43. The van der Waals surface area contributed by atoms with E-state index in [0.29, 0.717) is 5.82 Å². The predicted molar refractivity (Wildman–Crippen MR) is 68.2 cm³/mol. The number of nitrogens with two attached hydrogens (primary N) is 1. The standard InChI is InChI=1S/C12H22N4/c1-3-5-6-10(4-2)8-14-12-7-11(13)15-9-16-12/h7,9-10H,3-6,8H2,1-2H3,(H3,13,14,15,16)/t10-/m1/s1. The van der Waals surface area contributed by atoms with Crippen LogP contribution in [0.15, 0.2) is 12.4 Å². The molecule has 0 radical (unpaired) electrons. The van der Waals surface area contributed by atoms with Crippen LogP contribution in [0.1, 0.15) is 39.5 Å². The smallest absolute Gasteiger partial charge is 0.131 e. The van der Waals surface area contributed by atoms with Crippen LogP contribution >= 0.6 is 0 Å². The van der Waals surface area contributed by atoms with E-state index in [-0.39, 0.29) is 0 Å². The molecule has 0 amide bonds. The Morgan fingerprint density at radius 1 is 1.38 bits per heavy atom. The monoisotopic (exact) mass is 222 g/mol. The van der Waals surface area contributed by atoms with E-state index in [0.717, 1.165) is 18.3 Å². The fourth-order valence-corrected chi connectivity index (χ4v) is 1.66. The van der Waals surface area contributed by atoms with E-state index >= 15 is 0 Å². The van der Waals surface area contributed by atoms with E-state index in [1.54, 1.807) is 6.07 Å². The highest BCUT2D eigenvalue weighted by Crippen LogP contribution is 2.14. The molecule has 0 aliphatic heterocycles. The van der Waals surface area contributed by atoms with Gasteiger partial charge in [-0.1, -0.05) is 33.1 Å². The van der Waals surface area contributed by atoms with E-state index in [2.05, 4.69) is 29.1 Å². The lowest BCUT2D eigenvalue weighted by Crippen LogP contribution is -2.14. The molecule has 0 saturated heterocycles. The third-order valence-electron chi connectivity index (χ3n) is 2.80. The Balaban J connectivity index is 2.37. The van der Waals surface area contributed by atoms with Gasteiger partial charge in [-0.05, 0) is 12.3 Å². The summed E-state index contributed by atoms with van der Waals surface area (Å²) < 4.78 is 0. The van der Waals surface area contributed by atoms with Gasteiger partial charge in [0.25, 0.3) is 0 Å². The first-order valence-electron chi connectivity index (χ1n) is 6.07. The third kappa shape index (κ3) is 4.47. The van der Waals surface area contributed by atoms with Gasteiger partial charge in [0.2, 0.25) is 0 Å². The van der Waals surface area contributed by atoms with E-state index in [1.165, 1.54) is 32.0 Å². The van der Waals surface area contributed by atoms with Gasteiger partial charge in [-0.25, -0.2) is 9.97 Å². The van der Waals surface area contributed by atoms with Crippen molar-refractivity contribution in [3.05, 3.63) is 12.4 Å². The number of anilines is 2. The Kier molecular flexibility index (Phi) is 5.61. The molecule has 4 nitrogen and oxygen atoms in total. The Labute approximate surface area is 97.7 Å². The molecule has 3 N–H and O–H groups in total. The van der Waals surface area contributed by atoms with Crippen LogP contribution in [0.2, 0.25) is 0 Å². The van der Waals surface area contributed by atoms with Crippen LogP contribution in [-0.4, -0.2) is 16.5 Å². The number of hydrogen-bond acceptors (Lipinski definition) is 4. The maximum absolute atomic E-state index is 5.59. The molecule has 1 heterocycles. The molecule has 0 aliphatic rings. The molecule has 0 aromatic carbocycles. The van der Waals surface area contributed by atoms with Crippen LogP contribution in [-0.2, 0) is 0 Å². The van der Waals surface area contributed by atoms with Gasteiger partial charge in [0, 0.05) is 12.6 Å². The van der Waals surface area contributed by atoms with Crippen molar-refractivity contribution in [1.82, 2.24) is 9.97 Å². The summed E-state index contributed by atoms with van der Waals surface area (Å²) in [6, 6.07) is 1.77. The second-order valence-corrected chi connectivity index (χ2v) is 4.13. The molecule has 0 unspecified atom stereocenters. The number of nitrogens with one attached hydrogen (secondary N) is 1. The maximum Gasteiger partial charge on any atom is 0.131 e. The van der Waals surface area contributed by atoms with Gasteiger partial charge in [-0.3, -0.25) is 0 Å². The Morgan fingerprint density at radius 2 is 2.19 bits per heavy atom. The van der Waals surface area contributed by atoms with Crippen LogP contribution in [0.5, 0.6) is 0 Å². The van der Waals surface area contributed by atoms with Gasteiger partial charge in [0.15, 0.2) is 0 Å². The molecule has 0 aliphatic carbocycles. The minimum absolute atomic E-state index is 0.513. The topological polar surface area (TPSA) is 63.8 Å². The van der Waals surface area contributed by atoms with Crippen molar-refractivity contribution in [3.8, 4) is 0 Å². The number of unbranched alkanes of at least 4 members (excludes halogenated alkanes) is 1. The molecular formula is C12H22N4. The molecule has 1 aromatic heterocycles. The molecule has 0 bridgehead atoms. The quantitative estimate of drug-likeness (QED) is 0.744. The molecular weight excluding hydrogens is 200 g/mol. The Morgan fingerprint density at radius 3 is 2.81 bits per heavy atom. The molecule has 0 fully saturated rings. The van der Waals surface area contributed by atoms with E-state index in [1.807, 2.05) is 0 Å². The van der Waals surface area contributed by atoms with Crippen LogP contribution < -0.4 is 11.1 Å². The fourth-order valence-electron chi connectivity index (χ4n) is 1.66. The second kappa shape index (κ2) is 7.04. The highest BCUT2D eigenvalue weighted by molar-refractivity contribution is 5.43. The zero-order valence-electron chi connectivity index (χ0n) is 10.2. The van der Waals surface area contributed by atoms with Crippen molar-refractivity contribution in [3.63, 3.8) is 0 Å². The van der Waals surface area contributed by atoms with Crippen molar-refractivity contribution in [2.75, 3.05) is 17.6 Å². The number of nitrogens with zero attached hydrogens (tertiary/aromatic N) is 2. The van der Waals surface area contributed by atoms with Crippen molar-refractivity contribution >= 4 is 11.6 Å². The molecule has 1 aromatic rings. The lowest BCUT2D eigenvalue weighted by atomic mass is 9.99. The van der Waals surface area contributed by atoms with Crippen molar-refractivity contribution in [1.29, 1.82) is 0 Å². The number of aromatic nitrogens is 2. The zero-order valence-corrected chi connectivity index (χ0v) is 10.2. The lowest BCUT2D eigenvalue weighted by molar-refractivity contribution is 0.472. The van der Waals surface area contributed by atoms with E-state index in [9.17, 15) is 0 Å². The molecule has 0 saturated carbocycles. The molecule has 90 valence electrons. The van der Waals surface area contributed by atoms with Crippen molar-refractivity contribution < 1.29 is 0 Å². The fraction of sp³-hybridized carbons (Fsp3) is 0.667. The van der Waals surface area contributed by atoms with Crippen LogP contribution in [0.4, 0.5) is 11.6 Å². The van der Waals surface area contributed by atoms with Gasteiger partial charge in [-0.15, -0.1) is 0 Å². The number of hydrogen-bond donors (Lipinski definition) is 2. The molecule has 0 spiro atoms. The molecule has 1 atom stereocenters. The van der Waals surface area contributed by atoms with Crippen LogP contribution in [0.3, 0.4) is 0 Å². The first-order valence-corrected chi connectivity index (χ1v) is 6.07. The summed E-state index contributed by atoms with van der Waals surface area (Å²) >= 11 is 0. The minimum Gasteiger partial charge on any atom is -0.384 e. The molecule has 16 heavy (non-hydrogen) atoms. The normalized spacial score (nSPS) is 12.4. The highest BCUT2D eigenvalue weighted by Gasteiger charge is 2.05. The lowest BCUT2D eigenvalue weighted by Gasteiger charge is -2.15. The largest absolute Gasteiger partial charge is 0.384 e. The second-order valence-electron chi connectivity index (χ2n) is 4.13. The summed E-state index contributed by atoms with van der Waals surface area (Å²) in [5.41, 5.74) is 5.59. The third-order valence-corrected chi connectivity index (χ3v) is 2.80. The Hall–Kier alpha value is -1.32. The number of nitrogen functional groups attached to an aromatic ring is 1. The summed E-state index contributed by atoms with van der Waals surface area (Å²) in [7, 11) is 0. The summed E-state index contributed by atoms with van der Waals surface area (Å²) in [6.07, 6.45) is 6.53. The van der Waals surface area contributed by atoms with Gasteiger partial charge < -0.3 is 11.1 Å². The van der Waals surface area contributed by atoms with Crippen molar-refractivity contribution in [2.45, 2.75) is 39.5 Å². The van der Waals surface area contributed by atoms with Gasteiger partial charge in [-0.2, -0.15) is 0 Å². The predicted octanol–water partition coefficient (Wildman–Crippen LogP) is 2.69. The van der Waals surface area contributed by atoms with Crippen molar-refractivity contribution in [2.24, 2.45) is 5.92 Å². The molecule has 4 heteroatoms.